The molecule has 0 aliphatic carbocycles. The molecule has 2 aromatic carbocycles. The number of carbonyl (C=O) groups is 1. The third-order valence-corrected chi connectivity index (χ3v) is 3.12. The number of urea groups is 1. The molecule has 2 amide bonds. The van der Waals surface area contributed by atoms with Gasteiger partial charge in [0, 0.05) is 11.3 Å². The first-order chi connectivity index (χ1) is 10.1. The lowest BCUT2D eigenvalue weighted by Crippen LogP contribution is -2.20. The van der Waals surface area contributed by atoms with Gasteiger partial charge >= 0.3 is 6.03 Å². The third kappa shape index (κ3) is 3.63. The minimum absolute atomic E-state index is 0.305. The lowest BCUT2D eigenvalue weighted by molar-refractivity contribution is 0.262. The molecule has 0 bridgehead atoms. The topological polar surface area (TPSA) is 50.4 Å². The molecule has 0 unspecified atom stereocenters. The molecule has 2 N–H and O–H groups in total. The van der Waals surface area contributed by atoms with Crippen LogP contribution in [0.1, 0.15) is 11.1 Å². The molecular formula is C17H18N2O2. The zero-order valence-corrected chi connectivity index (χ0v) is 12.1. The largest absolute Gasteiger partial charge is 0.497 e. The van der Waals surface area contributed by atoms with E-state index in [0.717, 1.165) is 16.8 Å². The Balaban J connectivity index is 2.14. The smallest absolute Gasteiger partial charge is 0.323 e. The van der Waals surface area contributed by atoms with E-state index >= 15 is 0 Å². The van der Waals surface area contributed by atoms with E-state index in [2.05, 4.69) is 17.2 Å². The van der Waals surface area contributed by atoms with Crippen LogP contribution in [0, 0.1) is 6.92 Å². The molecule has 0 atom stereocenters. The monoisotopic (exact) mass is 282 g/mol. The number of carbonyl (C=O) groups excluding carboxylic acids is 1. The number of aryl methyl sites for hydroxylation is 1. The average Bonchev–Trinajstić information content (AvgIpc) is 2.49. The van der Waals surface area contributed by atoms with E-state index < -0.39 is 0 Å². The fraction of sp³-hybridized carbons (Fsp3) is 0.118. The standard InChI is InChI=1S/C17H18N2O2/c1-12-8-4-6-10-15(12)18-17(20)19-16-11-7-5-9-14(16)13(2)21-3/h4-11H,2H2,1,3H3,(H2,18,19,20). The highest BCUT2D eigenvalue weighted by Gasteiger charge is 2.09. The zero-order chi connectivity index (χ0) is 15.2. The fourth-order valence-electron chi connectivity index (χ4n) is 1.93. The van der Waals surface area contributed by atoms with E-state index in [1.165, 1.54) is 0 Å². The Kier molecular flexibility index (Phi) is 4.61. The van der Waals surface area contributed by atoms with Crippen LogP contribution in [0.5, 0.6) is 0 Å². The van der Waals surface area contributed by atoms with Gasteiger partial charge in [0.15, 0.2) is 0 Å². The Labute approximate surface area is 124 Å². The number of para-hydroxylation sites is 2. The number of anilines is 2. The van der Waals surface area contributed by atoms with Gasteiger partial charge < -0.3 is 15.4 Å². The second-order valence-corrected chi connectivity index (χ2v) is 4.57. The molecule has 0 saturated carbocycles. The van der Waals surface area contributed by atoms with E-state index in [9.17, 15) is 4.79 Å². The SMILES string of the molecule is C=C(OC)c1ccccc1NC(=O)Nc1ccccc1C. The van der Waals surface area contributed by atoms with Gasteiger partial charge in [-0.2, -0.15) is 0 Å². The van der Waals surface area contributed by atoms with Crippen molar-refractivity contribution in [2.24, 2.45) is 0 Å². The predicted octanol–water partition coefficient (Wildman–Crippen LogP) is 4.26. The summed E-state index contributed by atoms with van der Waals surface area (Å²) in [6.07, 6.45) is 0. The van der Waals surface area contributed by atoms with E-state index in [-0.39, 0.29) is 6.03 Å². The van der Waals surface area contributed by atoms with Crippen LogP contribution in [0.3, 0.4) is 0 Å². The number of hydrogen-bond donors (Lipinski definition) is 2. The summed E-state index contributed by atoms with van der Waals surface area (Å²) < 4.78 is 5.13. The first kappa shape index (κ1) is 14.7. The highest BCUT2D eigenvalue weighted by atomic mass is 16.5. The maximum absolute atomic E-state index is 12.1. The van der Waals surface area contributed by atoms with Crippen LogP contribution in [0.25, 0.3) is 5.76 Å². The summed E-state index contributed by atoms with van der Waals surface area (Å²) in [7, 11) is 1.55. The normalized spacial score (nSPS) is 9.81. The maximum atomic E-state index is 12.1. The van der Waals surface area contributed by atoms with Crippen molar-refractivity contribution in [1.82, 2.24) is 0 Å². The number of rotatable bonds is 4. The summed E-state index contributed by atoms with van der Waals surface area (Å²) in [6.45, 7) is 5.76. The summed E-state index contributed by atoms with van der Waals surface area (Å²) in [6, 6.07) is 14.7. The van der Waals surface area contributed by atoms with Gasteiger partial charge in [0.05, 0.1) is 12.8 Å². The highest BCUT2D eigenvalue weighted by molar-refractivity contribution is 6.01. The van der Waals surface area contributed by atoms with Gasteiger partial charge in [0.2, 0.25) is 0 Å². The molecule has 4 nitrogen and oxygen atoms in total. The second-order valence-electron chi connectivity index (χ2n) is 4.57. The Morgan fingerprint density at radius 1 is 1.00 bits per heavy atom. The van der Waals surface area contributed by atoms with Crippen molar-refractivity contribution in [2.75, 3.05) is 17.7 Å². The van der Waals surface area contributed by atoms with Gasteiger partial charge in [0.25, 0.3) is 0 Å². The van der Waals surface area contributed by atoms with E-state index in [1.54, 1.807) is 13.2 Å². The number of amides is 2. The maximum Gasteiger partial charge on any atom is 0.323 e. The van der Waals surface area contributed by atoms with Crippen molar-refractivity contribution >= 4 is 23.2 Å². The Morgan fingerprint density at radius 2 is 1.57 bits per heavy atom. The summed E-state index contributed by atoms with van der Waals surface area (Å²) in [5.41, 5.74) is 3.18. The van der Waals surface area contributed by atoms with Crippen LogP contribution in [-0.2, 0) is 4.74 Å². The number of benzene rings is 2. The second kappa shape index (κ2) is 6.61. The number of hydrogen-bond acceptors (Lipinski definition) is 2. The fourth-order valence-corrected chi connectivity index (χ4v) is 1.93. The molecule has 0 fully saturated rings. The van der Waals surface area contributed by atoms with Crippen LogP contribution in [0.15, 0.2) is 55.1 Å². The quantitative estimate of drug-likeness (QED) is 0.823. The van der Waals surface area contributed by atoms with Crippen molar-refractivity contribution < 1.29 is 9.53 Å². The molecular weight excluding hydrogens is 264 g/mol. The van der Waals surface area contributed by atoms with Gasteiger partial charge in [-0.05, 0) is 30.7 Å². The number of nitrogens with one attached hydrogen (secondary N) is 2. The minimum atomic E-state index is -0.305. The van der Waals surface area contributed by atoms with Crippen LogP contribution >= 0.6 is 0 Å². The summed E-state index contributed by atoms with van der Waals surface area (Å²) >= 11 is 0. The highest BCUT2D eigenvalue weighted by Crippen LogP contribution is 2.23. The average molecular weight is 282 g/mol. The summed E-state index contributed by atoms with van der Waals surface area (Å²) in [5, 5.41) is 5.63. The molecule has 2 rings (SSSR count). The van der Waals surface area contributed by atoms with Gasteiger partial charge in [0.1, 0.15) is 5.76 Å². The van der Waals surface area contributed by atoms with Gasteiger partial charge in [-0.3, -0.25) is 0 Å². The van der Waals surface area contributed by atoms with Gasteiger partial charge in [-0.1, -0.05) is 36.9 Å². The Hall–Kier alpha value is -2.75. The molecule has 2 aromatic rings. The van der Waals surface area contributed by atoms with Crippen LogP contribution in [0.2, 0.25) is 0 Å². The summed E-state index contributed by atoms with van der Waals surface area (Å²) in [4.78, 5) is 12.1. The first-order valence-corrected chi connectivity index (χ1v) is 6.57. The van der Waals surface area contributed by atoms with E-state index in [0.29, 0.717) is 11.4 Å². The van der Waals surface area contributed by atoms with Crippen LogP contribution in [-0.4, -0.2) is 13.1 Å². The molecule has 4 heteroatoms. The van der Waals surface area contributed by atoms with E-state index in [1.807, 2.05) is 49.4 Å². The van der Waals surface area contributed by atoms with E-state index in [4.69, 9.17) is 4.74 Å². The lowest BCUT2D eigenvalue weighted by atomic mass is 10.1. The summed E-state index contributed by atoms with van der Waals surface area (Å²) in [5.74, 6) is 0.502. The molecule has 0 saturated heterocycles. The van der Waals surface area contributed by atoms with Gasteiger partial charge in [-0.25, -0.2) is 4.79 Å². The Morgan fingerprint density at radius 3 is 2.24 bits per heavy atom. The third-order valence-electron chi connectivity index (χ3n) is 3.12. The van der Waals surface area contributed by atoms with Crippen molar-refractivity contribution in [3.05, 3.63) is 66.2 Å². The lowest BCUT2D eigenvalue weighted by Gasteiger charge is -2.13. The molecule has 0 radical (unpaired) electrons. The molecule has 0 aliphatic rings. The molecule has 0 aromatic heterocycles. The number of methoxy groups -OCH3 is 1. The van der Waals surface area contributed by atoms with Crippen LogP contribution < -0.4 is 10.6 Å². The molecule has 0 aliphatic heterocycles. The minimum Gasteiger partial charge on any atom is -0.497 e. The molecule has 21 heavy (non-hydrogen) atoms. The van der Waals surface area contributed by atoms with Crippen LogP contribution in [0.4, 0.5) is 16.2 Å². The van der Waals surface area contributed by atoms with Gasteiger partial charge in [-0.15, -0.1) is 0 Å². The van der Waals surface area contributed by atoms with Crippen molar-refractivity contribution in [3.63, 3.8) is 0 Å². The molecule has 0 heterocycles. The number of ether oxygens (including phenoxy) is 1. The zero-order valence-electron chi connectivity index (χ0n) is 12.1. The Bertz CT molecular complexity index is 665. The predicted molar refractivity (Wildman–Crippen MR) is 86.3 cm³/mol. The molecule has 0 spiro atoms. The van der Waals surface area contributed by atoms with Crippen molar-refractivity contribution in [1.29, 1.82) is 0 Å². The first-order valence-electron chi connectivity index (χ1n) is 6.57. The molecule has 108 valence electrons. The van der Waals surface area contributed by atoms with Crippen molar-refractivity contribution in [2.45, 2.75) is 6.92 Å². The van der Waals surface area contributed by atoms with Crippen molar-refractivity contribution in [3.8, 4) is 0 Å².